The van der Waals surface area contributed by atoms with Gasteiger partial charge < -0.3 is 4.74 Å². The van der Waals surface area contributed by atoms with E-state index in [9.17, 15) is 14.4 Å². The Hall–Kier alpha value is -2.96. The summed E-state index contributed by atoms with van der Waals surface area (Å²) in [5.74, 6) is -0.626. The van der Waals surface area contributed by atoms with Crippen LogP contribution in [0.4, 0.5) is 5.69 Å². The highest BCUT2D eigenvalue weighted by atomic mass is 16.5. The Morgan fingerprint density at radius 3 is 2.33 bits per heavy atom. The third-order valence-electron chi connectivity index (χ3n) is 3.67. The van der Waals surface area contributed by atoms with Gasteiger partial charge in [-0.15, -0.1) is 0 Å². The molecule has 1 aromatic carbocycles. The number of carbonyl (C=O) groups excluding carboxylic acids is 1. The summed E-state index contributed by atoms with van der Waals surface area (Å²) in [7, 11) is 2.92. The Labute approximate surface area is 138 Å². The molecule has 0 saturated heterocycles. The van der Waals surface area contributed by atoms with Crippen LogP contribution in [-0.2, 0) is 23.6 Å². The standard InChI is InChI=1S/C17H19N3O4/c1-5-24-16(22)14(12-9-7-6-8-10-12)18-13-11(2)19(3)17(23)20(4)15(13)21/h6-10H,5H2,1-4H3. The minimum absolute atomic E-state index is 0.0244. The van der Waals surface area contributed by atoms with Gasteiger partial charge in [0.15, 0.2) is 5.71 Å². The Bertz CT molecular complexity index is 908. The second kappa shape index (κ2) is 7.08. The van der Waals surface area contributed by atoms with Gasteiger partial charge in [0.2, 0.25) is 0 Å². The molecule has 0 unspecified atom stereocenters. The number of nitrogens with zero attached hydrogens (tertiary/aromatic N) is 3. The van der Waals surface area contributed by atoms with E-state index in [0.29, 0.717) is 11.3 Å². The fourth-order valence-electron chi connectivity index (χ4n) is 2.19. The van der Waals surface area contributed by atoms with Crippen LogP contribution < -0.4 is 11.2 Å². The van der Waals surface area contributed by atoms with Gasteiger partial charge in [0.1, 0.15) is 5.69 Å². The fourth-order valence-corrected chi connectivity index (χ4v) is 2.19. The lowest BCUT2D eigenvalue weighted by Gasteiger charge is -2.11. The molecule has 24 heavy (non-hydrogen) atoms. The highest BCUT2D eigenvalue weighted by molar-refractivity contribution is 6.43. The molecule has 2 rings (SSSR count). The SMILES string of the molecule is CCOC(=O)C(=Nc1c(C)n(C)c(=O)n(C)c1=O)c1ccccc1. The minimum Gasteiger partial charge on any atom is -0.461 e. The molecule has 7 heteroatoms. The lowest BCUT2D eigenvalue weighted by atomic mass is 10.1. The number of rotatable bonds is 4. The number of aliphatic imine (C=N–C) groups is 1. The van der Waals surface area contributed by atoms with Gasteiger partial charge in [-0.2, -0.15) is 0 Å². The van der Waals surface area contributed by atoms with Gasteiger partial charge in [-0.1, -0.05) is 30.3 Å². The van der Waals surface area contributed by atoms with Crippen LogP contribution in [0, 0.1) is 6.92 Å². The molecule has 126 valence electrons. The van der Waals surface area contributed by atoms with Crippen LogP contribution in [0.25, 0.3) is 0 Å². The molecular formula is C17H19N3O4. The summed E-state index contributed by atoms with van der Waals surface area (Å²) in [4.78, 5) is 40.9. The normalized spacial score (nSPS) is 11.4. The molecule has 7 nitrogen and oxygen atoms in total. The summed E-state index contributed by atoms with van der Waals surface area (Å²) in [6.45, 7) is 3.49. The molecule has 1 heterocycles. The van der Waals surface area contributed by atoms with Crippen molar-refractivity contribution in [2.45, 2.75) is 13.8 Å². The smallest absolute Gasteiger partial charge is 0.357 e. The Kier molecular flexibility index (Phi) is 5.13. The average molecular weight is 329 g/mol. The van der Waals surface area contributed by atoms with E-state index >= 15 is 0 Å². The van der Waals surface area contributed by atoms with E-state index in [2.05, 4.69) is 4.99 Å². The topological polar surface area (TPSA) is 82.7 Å². The minimum atomic E-state index is -0.626. The van der Waals surface area contributed by atoms with E-state index in [-0.39, 0.29) is 18.0 Å². The van der Waals surface area contributed by atoms with Crippen molar-refractivity contribution in [2.75, 3.05) is 6.61 Å². The van der Waals surface area contributed by atoms with E-state index in [0.717, 1.165) is 4.57 Å². The van der Waals surface area contributed by atoms with Crippen LogP contribution in [0.5, 0.6) is 0 Å². The number of hydrogen-bond acceptors (Lipinski definition) is 5. The van der Waals surface area contributed by atoms with E-state index in [1.165, 1.54) is 11.6 Å². The van der Waals surface area contributed by atoms with Crippen molar-refractivity contribution in [1.82, 2.24) is 9.13 Å². The molecule has 0 saturated carbocycles. The third kappa shape index (κ3) is 3.19. The van der Waals surface area contributed by atoms with Crippen molar-refractivity contribution in [3.63, 3.8) is 0 Å². The van der Waals surface area contributed by atoms with Crippen LogP contribution in [0.3, 0.4) is 0 Å². The maximum Gasteiger partial charge on any atom is 0.357 e. The quantitative estimate of drug-likeness (QED) is 0.621. The van der Waals surface area contributed by atoms with Gasteiger partial charge in [-0.3, -0.25) is 13.9 Å². The van der Waals surface area contributed by atoms with Crippen LogP contribution in [0.2, 0.25) is 0 Å². The molecule has 0 aliphatic rings. The van der Waals surface area contributed by atoms with Crippen molar-refractivity contribution in [2.24, 2.45) is 19.1 Å². The van der Waals surface area contributed by atoms with Crippen molar-refractivity contribution in [3.05, 3.63) is 62.4 Å². The summed E-state index contributed by atoms with van der Waals surface area (Å²) in [6.07, 6.45) is 0. The highest BCUT2D eigenvalue weighted by Crippen LogP contribution is 2.14. The summed E-state index contributed by atoms with van der Waals surface area (Å²) >= 11 is 0. The molecule has 0 fully saturated rings. The number of carbonyl (C=O) groups is 1. The number of esters is 1. The van der Waals surface area contributed by atoms with Crippen LogP contribution >= 0.6 is 0 Å². The molecule has 0 spiro atoms. The molecule has 0 aliphatic carbocycles. The van der Waals surface area contributed by atoms with Crippen molar-refractivity contribution < 1.29 is 9.53 Å². The van der Waals surface area contributed by atoms with Crippen LogP contribution in [0.1, 0.15) is 18.2 Å². The summed E-state index contributed by atoms with van der Waals surface area (Å²) in [6, 6.07) is 8.74. The van der Waals surface area contributed by atoms with Gasteiger partial charge in [0.25, 0.3) is 5.56 Å². The lowest BCUT2D eigenvalue weighted by Crippen LogP contribution is -2.38. The first-order chi connectivity index (χ1) is 11.4. The Morgan fingerprint density at radius 2 is 1.75 bits per heavy atom. The van der Waals surface area contributed by atoms with Crippen LogP contribution in [0.15, 0.2) is 44.9 Å². The molecule has 0 aliphatic heterocycles. The second-order valence-electron chi connectivity index (χ2n) is 5.19. The predicted molar refractivity (Wildman–Crippen MR) is 90.9 cm³/mol. The van der Waals surface area contributed by atoms with Gasteiger partial charge in [-0.25, -0.2) is 14.6 Å². The molecular weight excluding hydrogens is 310 g/mol. The zero-order valence-electron chi connectivity index (χ0n) is 14.1. The monoisotopic (exact) mass is 329 g/mol. The zero-order chi connectivity index (χ0) is 17.9. The molecule has 2 aromatic rings. The lowest BCUT2D eigenvalue weighted by molar-refractivity contribution is -0.134. The second-order valence-corrected chi connectivity index (χ2v) is 5.19. The average Bonchev–Trinajstić information content (AvgIpc) is 2.59. The number of benzene rings is 1. The largest absolute Gasteiger partial charge is 0.461 e. The maximum absolute atomic E-state index is 12.4. The predicted octanol–water partition coefficient (Wildman–Crippen LogP) is 1.08. The van der Waals surface area contributed by atoms with E-state index in [4.69, 9.17) is 4.74 Å². The van der Waals surface area contributed by atoms with Crippen LogP contribution in [-0.4, -0.2) is 27.4 Å². The number of ether oxygens (including phenoxy) is 1. The molecule has 0 bridgehead atoms. The van der Waals surface area contributed by atoms with E-state index in [1.54, 1.807) is 45.2 Å². The van der Waals surface area contributed by atoms with Crippen molar-refractivity contribution >= 4 is 17.4 Å². The van der Waals surface area contributed by atoms with Gasteiger partial charge >= 0.3 is 11.7 Å². The first-order valence-electron chi connectivity index (χ1n) is 7.46. The Morgan fingerprint density at radius 1 is 1.12 bits per heavy atom. The Balaban J connectivity index is 2.75. The van der Waals surface area contributed by atoms with E-state index < -0.39 is 17.2 Å². The summed E-state index contributed by atoms with van der Waals surface area (Å²) in [5, 5.41) is 0. The van der Waals surface area contributed by atoms with E-state index in [1.807, 2.05) is 6.07 Å². The molecule has 0 N–H and O–H groups in total. The molecule has 0 amide bonds. The van der Waals surface area contributed by atoms with Crippen molar-refractivity contribution in [3.8, 4) is 0 Å². The first kappa shape index (κ1) is 17.4. The zero-order valence-corrected chi connectivity index (χ0v) is 14.1. The van der Waals surface area contributed by atoms with Crippen molar-refractivity contribution in [1.29, 1.82) is 0 Å². The summed E-state index contributed by atoms with van der Waals surface area (Å²) in [5.41, 5.74) is -0.0444. The molecule has 0 atom stereocenters. The fraction of sp³-hybridized carbons (Fsp3) is 0.294. The first-order valence-corrected chi connectivity index (χ1v) is 7.46. The number of aromatic nitrogens is 2. The van der Waals surface area contributed by atoms with Gasteiger partial charge in [0, 0.05) is 19.7 Å². The maximum atomic E-state index is 12.4. The third-order valence-corrected chi connectivity index (χ3v) is 3.67. The molecule has 1 aromatic heterocycles. The number of hydrogen-bond donors (Lipinski definition) is 0. The summed E-state index contributed by atoms with van der Waals surface area (Å²) < 4.78 is 7.32. The highest BCUT2D eigenvalue weighted by Gasteiger charge is 2.19. The van der Waals surface area contributed by atoms with Gasteiger partial charge in [-0.05, 0) is 13.8 Å². The van der Waals surface area contributed by atoms with Gasteiger partial charge in [0.05, 0.1) is 12.3 Å². The molecule has 0 radical (unpaired) electrons.